The number of aromatic nitrogens is 2. The highest BCUT2D eigenvalue weighted by Gasteiger charge is 2.40. The predicted octanol–water partition coefficient (Wildman–Crippen LogP) is 0.571. The van der Waals surface area contributed by atoms with Crippen LogP contribution in [-0.2, 0) is 7.05 Å². The molecule has 72 valence electrons. The Hall–Kier alpha value is -1.03. The second kappa shape index (κ2) is 3.03. The van der Waals surface area contributed by atoms with Gasteiger partial charge in [0.1, 0.15) is 5.82 Å². The predicted molar refractivity (Wildman–Crippen MR) is 52.4 cm³/mol. The van der Waals surface area contributed by atoms with E-state index in [1.165, 1.54) is 12.8 Å². The Morgan fingerprint density at radius 1 is 1.69 bits per heavy atom. The fraction of sp³-hybridized carbons (Fsp3) is 0.667. The van der Waals surface area contributed by atoms with Crippen LogP contribution in [-0.4, -0.2) is 22.9 Å². The summed E-state index contributed by atoms with van der Waals surface area (Å²) in [4.78, 5) is 0. The van der Waals surface area contributed by atoms with Gasteiger partial charge in [-0.15, -0.1) is 0 Å². The van der Waals surface area contributed by atoms with Crippen molar-refractivity contribution in [1.29, 1.82) is 0 Å². The molecule has 0 atom stereocenters. The Morgan fingerprint density at radius 2 is 2.46 bits per heavy atom. The van der Waals surface area contributed by atoms with Crippen LogP contribution in [0.3, 0.4) is 0 Å². The molecule has 4 nitrogen and oxygen atoms in total. The standard InChI is InChI=1S/C9H16N4/c1-13-8(2-5-12-13)11-7-9(6-10)3-4-9/h2,5,11H,3-4,6-7,10H2,1H3. The van der Waals surface area contributed by atoms with Crippen molar-refractivity contribution in [3.63, 3.8) is 0 Å². The second-order valence-electron chi connectivity index (χ2n) is 3.90. The van der Waals surface area contributed by atoms with Gasteiger partial charge >= 0.3 is 0 Å². The number of anilines is 1. The second-order valence-corrected chi connectivity index (χ2v) is 3.90. The summed E-state index contributed by atoms with van der Waals surface area (Å²) in [6.45, 7) is 1.76. The molecule has 0 aromatic carbocycles. The van der Waals surface area contributed by atoms with Crippen molar-refractivity contribution in [2.75, 3.05) is 18.4 Å². The summed E-state index contributed by atoms with van der Waals surface area (Å²) in [6, 6.07) is 1.98. The topological polar surface area (TPSA) is 55.9 Å². The number of aryl methyl sites for hydroxylation is 1. The maximum absolute atomic E-state index is 5.68. The van der Waals surface area contributed by atoms with Crippen molar-refractivity contribution >= 4 is 5.82 Å². The molecule has 0 saturated heterocycles. The van der Waals surface area contributed by atoms with E-state index in [-0.39, 0.29) is 0 Å². The van der Waals surface area contributed by atoms with E-state index in [1.807, 2.05) is 17.8 Å². The molecule has 0 spiro atoms. The first kappa shape index (κ1) is 8.56. The zero-order chi connectivity index (χ0) is 9.31. The molecular formula is C9H16N4. The largest absolute Gasteiger partial charge is 0.370 e. The highest BCUT2D eigenvalue weighted by molar-refractivity contribution is 5.34. The van der Waals surface area contributed by atoms with Gasteiger partial charge in [-0.2, -0.15) is 5.10 Å². The number of hydrogen-bond acceptors (Lipinski definition) is 3. The molecule has 0 aliphatic heterocycles. The average Bonchev–Trinajstić information content (AvgIpc) is 2.82. The molecule has 3 N–H and O–H groups in total. The Kier molecular flexibility index (Phi) is 2.00. The van der Waals surface area contributed by atoms with E-state index in [0.717, 1.165) is 18.9 Å². The first-order valence-electron chi connectivity index (χ1n) is 4.68. The molecule has 0 amide bonds. The van der Waals surface area contributed by atoms with E-state index in [9.17, 15) is 0 Å². The molecule has 1 heterocycles. The summed E-state index contributed by atoms with van der Waals surface area (Å²) < 4.78 is 1.84. The van der Waals surface area contributed by atoms with Gasteiger partial charge in [0.05, 0.1) is 6.20 Å². The zero-order valence-electron chi connectivity index (χ0n) is 7.95. The lowest BCUT2D eigenvalue weighted by atomic mass is 10.1. The summed E-state index contributed by atoms with van der Waals surface area (Å²) in [7, 11) is 1.93. The van der Waals surface area contributed by atoms with E-state index in [0.29, 0.717) is 5.41 Å². The number of nitrogens with zero attached hydrogens (tertiary/aromatic N) is 2. The molecule has 1 aromatic heterocycles. The van der Waals surface area contributed by atoms with E-state index in [2.05, 4.69) is 10.4 Å². The van der Waals surface area contributed by atoms with Crippen LogP contribution in [0.25, 0.3) is 0 Å². The zero-order valence-corrected chi connectivity index (χ0v) is 7.95. The third-order valence-electron chi connectivity index (χ3n) is 2.86. The molecular weight excluding hydrogens is 164 g/mol. The van der Waals surface area contributed by atoms with Crippen LogP contribution in [0.1, 0.15) is 12.8 Å². The molecule has 1 saturated carbocycles. The highest BCUT2D eigenvalue weighted by atomic mass is 15.3. The lowest BCUT2D eigenvalue weighted by Crippen LogP contribution is -2.24. The van der Waals surface area contributed by atoms with Crippen LogP contribution < -0.4 is 11.1 Å². The Balaban J connectivity index is 1.90. The first-order chi connectivity index (χ1) is 6.26. The maximum Gasteiger partial charge on any atom is 0.123 e. The minimum atomic E-state index is 0.379. The van der Waals surface area contributed by atoms with Crippen LogP contribution in [0.4, 0.5) is 5.82 Å². The Labute approximate surface area is 78.1 Å². The van der Waals surface area contributed by atoms with Gasteiger partial charge in [-0.25, -0.2) is 0 Å². The van der Waals surface area contributed by atoms with Gasteiger partial charge < -0.3 is 11.1 Å². The smallest absolute Gasteiger partial charge is 0.123 e. The summed E-state index contributed by atoms with van der Waals surface area (Å²) >= 11 is 0. The van der Waals surface area contributed by atoms with Crippen molar-refractivity contribution < 1.29 is 0 Å². The molecule has 1 aromatic rings. The molecule has 1 aliphatic rings. The third-order valence-corrected chi connectivity index (χ3v) is 2.86. The molecule has 0 unspecified atom stereocenters. The van der Waals surface area contributed by atoms with Crippen molar-refractivity contribution in [1.82, 2.24) is 9.78 Å². The van der Waals surface area contributed by atoms with Crippen molar-refractivity contribution in [2.24, 2.45) is 18.2 Å². The van der Waals surface area contributed by atoms with Gasteiger partial charge in [-0.05, 0) is 24.8 Å². The fourth-order valence-electron chi connectivity index (χ4n) is 1.46. The molecule has 2 rings (SSSR count). The van der Waals surface area contributed by atoms with Gasteiger partial charge in [-0.1, -0.05) is 0 Å². The van der Waals surface area contributed by atoms with E-state index < -0.39 is 0 Å². The number of nitrogens with two attached hydrogens (primary N) is 1. The van der Waals surface area contributed by atoms with Gasteiger partial charge in [0.2, 0.25) is 0 Å². The van der Waals surface area contributed by atoms with E-state index in [1.54, 1.807) is 6.20 Å². The summed E-state index contributed by atoms with van der Waals surface area (Å²) in [6.07, 6.45) is 4.31. The third kappa shape index (κ3) is 1.67. The van der Waals surface area contributed by atoms with Gasteiger partial charge in [0, 0.05) is 19.7 Å². The lowest BCUT2D eigenvalue weighted by Gasteiger charge is -2.13. The van der Waals surface area contributed by atoms with Gasteiger partial charge in [0.25, 0.3) is 0 Å². The summed E-state index contributed by atoms with van der Waals surface area (Å²) in [5, 5.41) is 7.45. The van der Waals surface area contributed by atoms with Crippen molar-refractivity contribution in [3.8, 4) is 0 Å². The SMILES string of the molecule is Cn1nccc1NCC1(CN)CC1. The molecule has 4 heteroatoms. The normalized spacial score (nSPS) is 18.6. The van der Waals surface area contributed by atoms with E-state index in [4.69, 9.17) is 5.73 Å². The summed E-state index contributed by atoms with van der Waals surface area (Å²) in [5.41, 5.74) is 6.06. The first-order valence-corrected chi connectivity index (χ1v) is 4.68. The minimum absolute atomic E-state index is 0.379. The molecule has 1 fully saturated rings. The van der Waals surface area contributed by atoms with Crippen LogP contribution in [0, 0.1) is 5.41 Å². The van der Waals surface area contributed by atoms with Crippen LogP contribution >= 0.6 is 0 Å². The van der Waals surface area contributed by atoms with Crippen LogP contribution in [0.5, 0.6) is 0 Å². The average molecular weight is 180 g/mol. The molecule has 1 aliphatic carbocycles. The number of rotatable bonds is 4. The molecule has 0 bridgehead atoms. The van der Waals surface area contributed by atoms with Crippen LogP contribution in [0.15, 0.2) is 12.3 Å². The lowest BCUT2D eigenvalue weighted by molar-refractivity contribution is 0.552. The fourth-order valence-corrected chi connectivity index (χ4v) is 1.46. The number of nitrogens with one attached hydrogen (secondary N) is 1. The van der Waals surface area contributed by atoms with Crippen molar-refractivity contribution in [2.45, 2.75) is 12.8 Å². The van der Waals surface area contributed by atoms with Gasteiger partial charge in [-0.3, -0.25) is 4.68 Å². The minimum Gasteiger partial charge on any atom is -0.370 e. The number of hydrogen-bond donors (Lipinski definition) is 2. The summed E-state index contributed by atoms with van der Waals surface area (Å²) in [5.74, 6) is 1.07. The Bertz CT molecular complexity index is 288. The van der Waals surface area contributed by atoms with Crippen LogP contribution in [0.2, 0.25) is 0 Å². The van der Waals surface area contributed by atoms with Crippen molar-refractivity contribution in [3.05, 3.63) is 12.3 Å². The van der Waals surface area contributed by atoms with E-state index >= 15 is 0 Å². The molecule has 0 radical (unpaired) electrons. The van der Waals surface area contributed by atoms with Gasteiger partial charge in [0.15, 0.2) is 0 Å². The molecule has 13 heavy (non-hydrogen) atoms. The Morgan fingerprint density at radius 3 is 2.92 bits per heavy atom. The maximum atomic E-state index is 5.68. The monoisotopic (exact) mass is 180 g/mol. The quantitative estimate of drug-likeness (QED) is 0.712. The highest BCUT2D eigenvalue weighted by Crippen LogP contribution is 2.44.